The van der Waals surface area contributed by atoms with Crippen LogP contribution in [0.3, 0.4) is 0 Å². The van der Waals surface area contributed by atoms with Gasteiger partial charge in [-0.3, -0.25) is 4.79 Å². The van der Waals surface area contributed by atoms with E-state index in [0.717, 1.165) is 25.7 Å². The van der Waals surface area contributed by atoms with Gasteiger partial charge in [-0.05, 0) is 67.6 Å². The maximum Gasteiger partial charge on any atom is 0.306 e. The third kappa shape index (κ3) is 2.51. The molecule has 0 aromatic heterocycles. The Balaban J connectivity index is 1.65. The third-order valence-electron chi connectivity index (χ3n) is 8.91. The summed E-state index contributed by atoms with van der Waals surface area (Å²) in [6, 6.07) is 0. The highest BCUT2D eigenvalue weighted by Crippen LogP contribution is 2.65. The fourth-order valence-corrected chi connectivity index (χ4v) is 7.40. The van der Waals surface area contributed by atoms with Crippen LogP contribution in [0.1, 0.15) is 58.8 Å². The lowest BCUT2D eigenvalue weighted by atomic mass is 9.43. The zero-order valence-corrected chi connectivity index (χ0v) is 16.4. The van der Waals surface area contributed by atoms with E-state index in [1.54, 1.807) is 7.11 Å². The molecule has 1 N–H and O–H groups in total. The van der Waals surface area contributed by atoms with Crippen molar-refractivity contribution in [2.45, 2.75) is 77.1 Å². The van der Waals surface area contributed by atoms with Crippen molar-refractivity contribution in [1.82, 2.24) is 0 Å². The minimum atomic E-state index is -0.335. The van der Waals surface area contributed by atoms with E-state index in [1.165, 1.54) is 12.8 Å². The number of carbonyl (C=O) groups excluding carboxylic acids is 1. The van der Waals surface area contributed by atoms with Crippen LogP contribution >= 0.6 is 0 Å². The summed E-state index contributed by atoms with van der Waals surface area (Å²) in [5, 5.41) is 10.5. The van der Waals surface area contributed by atoms with Crippen LogP contribution in [0.4, 0.5) is 0 Å². The van der Waals surface area contributed by atoms with Crippen molar-refractivity contribution in [3.8, 4) is 0 Å². The van der Waals surface area contributed by atoms with Gasteiger partial charge in [0.25, 0.3) is 0 Å². The summed E-state index contributed by atoms with van der Waals surface area (Å²) in [4.78, 5) is 12.3. The molecule has 0 unspecified atom stereocenters. The zero-order chi connectivity index (χ0) is 18.7. The molecule has 9 atom stereocenters. The molecule has 0 amide bonds. The van der Waals surface area contributed by atoms with Crippen LogP contribution < -0.4 is 0 Å². The minimum absolute atomic E-state index is 0.0227. The largest absolute Gasteiger partial charge is 0.458 e. The molecule has 1 saturated heterocycles. The van der Waals surface area contributed by atoms with E-state index in [9.17, 15) is 9.90 Å². The molecule has 1 heterocycles. The third-order valence-corrected chi connectivity index (χ3v) is 8.91. The summed E-state index contributed by atoms with van der Waals surface area (Å²) in [6.07, 6.45) is 8.25. The number of esters is 1. The first-order chi connectivity index (χ1) is 12.3. The lowest BCUT2D eigenvalue weighted by molar-refractivity contribution is -0.203. The second-order valence-corrected chi connectivity index (χ2v) is 9.83. The van der Waals surface area contributed by atoms with Gasteiger partial charge in [0, 0.05) is 18.9 Å². The van der Waals surface area contributed by atoms with Gasteiger partial charge in [0.05, 0.1) is 12.2 Å². The number of methoxy groups -OCH3 is 1. The van der Waals surface area contributed by atoms with Gasteiger partial charge in [-0.2, -0.15) is 0 Å². The number of rotatable bonds is 2. The molecule has 146 valence electrons. The molecule has 26 heavy (non-hydrogen) atoms. The first kappa shape index (κ1) is 18.5. The Kier molecular flexibility index (Phi) is 4.51. The Bertz CT molecular complexity index is 589. The van der Waals surface area contributed by atoms with Crippen molar-refractivity contribution in [3.05, 3.63) is 12.7 Å². The Morgan fingerprint density at radius 2 is 2.00 bits per heavy atom. The summed E-state index contributed by atoms with van der Waals surface area (Å²) in [6.45, 7) is 8.69. The van der Waals surface area contributed by atoms with E-state index in [-0.39, 0.29) is 35.1 Å². The Hall–Kier alpha value is -0.870. The lowest BCUT2D eigenvalue weighted by Crippen LogP contribution is -2.60. The van der Waals surface area contributed by atoms with Crippen molar-refractivity contribution < 1.29 is 19.4 Å². The molecule has 3 saturated carbocycles. The SMILES string of the molecule is C=C[C@H]1OC(=O)C[C@H]2[C@@H]3CC[C@H]4C[C@H](O)[C@H](OC)C[C@]4(C)[C@H]3CC[C@]12C. The maximum absolute atomic E-state index is 12.3. The quantitative estimate of drug-likeness (QED) is 0.601. The van der Waals surface area contributed by atoms with Gasteiger partial charge >= 0.3 is 5.97 Å². The topological polar surface area (TPSA) is 55.8 Å². The number of aliphatic hydroxyl groups is 1. The fraction of sp³-hybridized carbons (Fsp3) is 0.864. The highest BCUT2D eigenvalue weighted by atomic mass is 16.5. The molecule has 4 heteroatoms. The van der Waals surface area contributed by atoms with Crippen LogP contribution in [0.25, 0.3) is 0 Å². The normalized spacial score (nSPS) is 53.7. The highest BCUT2D eigenvalue weighted by Gasteiger charge is 2.61. The molecule has 0 bridgehead atoms. The van der Waals surface area contributed by atoms with E-state index in [0.29, 0.717) is 30.1 Å². The second kappa shape index (κ2) is 6.34. The molecule has 0 spiro atoms. The fourth-order valence-electron chi connectivity index (χ4n) is 7.40. The summed E-state index contributed by atoms with van der Waals surface area (Å²) in [5.41, 5.74) is 0.226. The minimum Gasteiger partial charge on any atom is -0.458 e. The standard InChI is InChI=1S/C22H34O4/c1-5-19-21(2)9-8-15-14(16(21)11-20(24)26-19)7-6-13-10-17(23)18(25-4)12-22(13,15)3/h5,13-19,23H,1,6-12H2,2-4H3/t13-,14+,15-,16-,17-,18+,19+,21-,22-/m0/s1. The smallest absolute Gasteiger partial charge is 0.306 e. The first-order valence-corrected chi connectivity index (χ1v) is 10.4. The van der Waals surface area contributed by atoms with Crippen molar-refractivity contribution in [2.75, 3.05) is 7.11 Å². The zero-order valence-electron chi connectivity index (χ0n) is 16.4. The first-order valence-electron chi connectivity index (χ1n) is 10.4. The number of fused-ring (bicyclic) bond motifs is 5. The summed E-state index contributed by atoms with van der Waals surface area (Å²) >= 11 is 0. The Morgan fingerprint density at radius 3 is 2.69 bits per heavy atom. The molecule has 4 rings (SSSR count). The molecule has 4 nitrogen and oxygen atoms in total. The molecule has 0 aromatic rings. The van der Waals surface area contributed by atoms with Crippen LogP contribution in [0, 0.1) is 34.5 Å². The van der Waals surface area contributed by atoms with Crippen molar-refractivity contribution >= 4 is 5.97 Å². The molecule has 1 aliphatic heterocycles. The summed E-state index contributed by atoms with van der Waals surface area (Å²) in [7, 11) is 1.72. The number of hydrogen-bond acceptors (Lipinski definition) is 4. The molecular formula is C22H34O4. The van der Waals surface area contributed by atoms with E-state index >= 15 is 0 Å². The predicted molar refractivity (Wildman–Crippen MR) is 99.4 cm³/mol. The van der Waals surface area contributed by atoms with Gasteiger partial charge in [0.2, 0.25) is 0 Å². The molecule has 0 aromatic carbocycles. The average molecular weight is 363 g/mol. The predicted octanol–water partition coefficient (Wildman–Crippen LogP) is 3.72. The summed E-state index contributed by atoms with van der Waals surface area (Å²) in [5.74, 6) is 2.08. The molecule has 0 radical (unpaired) electrons. The number of aliphatic hydroxyl groups excluding tert-OH is 1. The number of carbonyl (C=O) groups is 1. The van der Waals surface area contributed by atoms with Crippen LogP contribution in [0.2, 0.25) is 0 Å². The molecule has 3 aliphatic carbocycles. The van der Waals surface area contributed by atoms with E-state index in [2.05, 4.69) is 20.4 Å². The van der Waals surface area contributed by atoms with Crippen molar-refractivity contribution in [2.24, 2.45) is 34.5 Å². The van der Waals surface area contributed by atoms with Gasteiger partial charge in [0.1, 0.15) is 6.10 Å². The van der Waals surface area contributed by atoms with Gasteiger partial charge in [-0.15, -0.1) is 0 Å². The van der Waals surface area contributed by atoms with Crippen LogP contribution in [0.15, 0.2) is 12.7 Å². The Labute approximate surface area is 157 Å². The Morgan fingerprint density at radius 1 is 1.23 bits per heavy atom. The van der Waals surface area contributed by atoms with Crippen molar-refractivity contribution in [1.29, 1.82) is 0 Å². The number of ether oxygens (including phenoxy) is 2. The second-order valence-electron chi connectivity index (χ2n) is 9.83. The summed E-state index contributed by atoms with van der Waals surface area (Å²) < 4.78 is 11.3. The molecule has 4 fully saturated rings. The number of hydrogen-bond donors (Lipinski definition) is 1. The van der Waals surface area contributed by atoms with Crippen LogP contribution in [-0.2, 0) is 14.3 Å². The van der Waals surface area contributed by atoms with Gasteiger partial charge in [-0.25, -0.2) is 0 Å². The van der Waals surface area contributed by atoms with E-state index < -0.39 is 0 Å². The maximum atomic E-state index is 12.3. The lowest BCUT2D eigenvalue weighted by Gasteiger charge is -2.63. The molecule has 4 aliphatic rings. The van der Waals surface area contributed by atoms with E-state index in [1.807, 2.05) is 6.08 Å². The molecular weight excluding hydrogens is 328 g/mol. The van der Waals surface area contributed by atoms with Gasteiger partial charge < -0.3 is 14.6 Å². The highest BCUT2D eigenvalue weighted by molar-refractivity contribution is 5.71. The average Bonchev–Trinajstić information content (AvgIpc) is 2.61. The monoisotopic (exact) mass is 362 g/mol. The van der Waals surface area contributed by atoms with Crippen molar-refractivity contribution in [3.63, 3.8) is 0 Å². The van der Waals surface area contributed by atoms with Gasteiger partial charge in [0.15, 0.2) is 0 Å². The van der Waals surface area contributed by atoms with E-state index in [4.69, 9.17) is 9.47 Å². The van der Waals surface area contributed by atoms with Crippen LogP contribution in [-0.4, -0.2) is 36.5 Å². The van der Waals surface area contributed by atoms with Crippen LogP contribution in [0.5, 0.6) is 0 Å². The van der Waals surface area contributed by atoms with Gasteiger partial charge in [-0.1, -0.05) is 26.5 Å². The number of cyclic esters (lactones) is 1.